The van der Waals surface area contributed by atoms with Gasteiger partial charge in [0.05, 0.1) is 16.4 Å². The van der Waals surface area contributed by atoms with Crippen LogP contribution in [0.4, 0.5) is 0 Å². The summed E-state index contributed by atoms with van der Waals surface area (Å²) < 4.78 is 2.72. The Bertz CT molecular complexity index is 965. The maximum atomic E-state index is 12.5. The predicted octanol–water partition coefficient (Wildman–Crippen LogP) is 6.90. The summed E-state index contributed by atoms with van der Waals surface area (Å²) in [6.45, 7) is 3.91. The molecule has 0 fully saturated rings. The van der Waals surface area contributed by atoms with Crippen LogP contribution < -0.4 is 0 Å². The summed E-state index contributed by atoms with van der Waals surface area (Å²) in [5.74, 6) is 0.0344. The second-order valence-corrected chi connectivity index (χ2v) is 7.77. The first-order valence-electron chi connectivity index (χ1n) is 8.26. The molecule has 1 heterocycles. The molecule has 0 bridgehead atoms. The molecule has 0 N–H and O–H groups in total. The van der Waals surface area contributed by atoms with Crippen molar-refractivity contribution >= 4 is 44.9 Å². The van der Waals surface area contributed by atoms with Gasteiger partial charge in [0.1, 0.15) is 5.69 Å². The number of benzene rings is 2. The number of aromatic nitrogens is 2. The van der Waals surface area contributed by atoms with E-state index in [1.807, 2.05) is 44.2 Å². The fraction of sp³-hybridized carbons (Fsp3) is 0.200. The molecule has 0 unspecified atom stereocenters. The van der Waals surface area contributed by atoms with Crippen molar-refractivity contribution in [1.82, 2.24) is 9.78 Å². The van der Waals surface area contributed by atoms with Crippen molar-refractivity contribution in [2.24, 2.45) is 0 Å². The molecular formula is C20H17BrCl2N2O. The van der Waals surface area contributed by atoms with Crippen molar-refractivity contribution in [2.45, 2.75) is 26.7 Å². The normalized spacial score (nSPS) is 11.0. The molecule has 26 heavy (non-hydrogen) atoms. The number of hydrogen-bond acceptors (Lipinski definition) is 2. The number of rotatable bonds is 5. The van der Waals surface area contributed by atoms with Crippen LogP contribution in [0, 0.1) is 6.92 Å². The summed E-state index contributed by atoms with van der Waals surface area (Å²) in [4.78, 5) is 12.5. The molecule has 1 aromatic heterocycles. The fourth-order valence-corrected chi connectivity index (χ4v) is 3.63. The molecule has 0 spiro atoms. The number of halogens is 3. The van der Waals surface area contributed by atoms with Crippen LogP contribution in [0.25, 0.3) is 16.9 Å². The van der Waals surface area contributed by atoms with E-state index in [0.717, 1.165) is 27.7 Å². The van der Waals surface area contributed by atoms with E-state index in [0.29, 0.717) is 27.8 Å². The van der Waals surface area contributed by atoms with Crippen molar-refractivity contribution in [3.63, 3.8) is 0 Å². The average molecular weight is 452 g/mol. The number of hydrogen-bond donors (Lipinski definition) is 0. The van der Waals surface area contributed by atoms with Gasteiger partial charge in [0.2, 0.25) is 0 Å². The van der Waals surface area contributed by atoms with E-state index in [2.05, 4.69) is 21.0 Å². The van der Waals surface area contributed by atoms with Crippen LogP contribution in [0.5, 0.6) is 0 Å². The second kappa shape index (κ2) is 7.95. The summed E-state index contributed by atoms with van der Waals surface area (Å²) >= 11 is 15.9. The van der Waals surface area contributed by atoms with Crippen LogP contribution in [-0.4, -0.2) is 15.6 Å². The molecular weight excluding hydrogens is 435 g/mol. The average Bonchev–Trinajstić information content (AvgIpc) is 2.93. The van der Waals surface area contributed by atoms with E-state index >= 15 is 0 Å². The van der Waals surface area contributed by atoms with Crippen molar-refractivity contribution in [3.05, 3.63) is 68.2 Å². The summed E-state index contributed by atoms with van der Waals surface area (Å²) in [5, 5.41) is 5.65. The molecule has 0 aliphatic carbocycles. The number of carbonyl (C=O) groups is 1. The molecule has 0 aliphatic heterocycles. The smallest absolute Gasteiger partial charge is 0.183 e. The zero-order valence-electron chi connectivity index (χ0n) is 14.4. The zero-order chi connectivity index (χ0) is 18.8. The summed E-state index contributed by atoms with van der Waals surface area (Å²) in [5.41, 5.74) is 3.82. The first kappa shape index (κ1) is 19.2. The number of carbonyl (C=O) groups excluding carboxylic acids is 1. The van der Waals surface area contributed by atoms with Crippen LogP contribution >= 0.6 is 39.1 Å². The Hall–Kier alpha value is -1.62. The van der Waals surface area contributed by atoms with Gasteiger partial charge in [0.25, 0.3) is 0 Å². The first-order chi connectivity index (χ1) is 12.4. The van der Waals surface area contributed by atoms with E-state index in [1.54, 1.807) is 16.8 Å². The van der Waals surface area contributed by atoms with Gasteiger partial charge in [-0.15, -0.1) is 0 Å². The molecule has 134 valence electrons. The van der Waals surface area contributed by atoms with Crippen LogP contribution in [0.2, 0.25) is 10.0 Å². The zero-order valence-corrected chi connectivity index (χ0v) is 17.5. The third-order valence-electron chi connectivity index (χ3n) is 4.12. The lowest BCUT2D eigenvalue weighted by Gasteiger charge is -2.11. The minimum absolute atomic E-state index is 0.0344. The Morgan fingerprint density at radius 3 is 2.46 bits per heavy atom. The summed E-state index contributed by atoms with van der Waals surface area (Å²) in [6.07, 6.45) is 1.24. The Morgan fingerprint density at radius 1 is 1.15 bits per heavy atom. The van der Waals surface area contributed by atoms with Crippen molar-refractivity contribution in [3.8, 4) is 16.9 Å². The minimum Gasteiger partial charge on any atom is -0.292 e. The topological polar surface area (TPSA) is 34.9 Å². The van der Waals surface area contributed by atoms with Gasteiger partial charge < -0.3 is 0 Å². The fourth-order valence-electron chi connectivity index (χ4n) is 2.88. The highest BCUT2D eigenvalue weighted by molar-refractivity contribution is 9.10. The third-order valence-corrected chi connectivity index (χ3v) is 5.19. The molecule has 3 aromatic rings. The predicted molar refractivity (Wildman–Crippen MR) is 111 cm³/mol. The lowest BCUT2D eigenvalue weighted by Crippen LogP contribution is -2.03. The molecule has 3 nitrogen and oxygen atoms in total. The van der Waals surface area contributed by atoms with Crippen LogP contribution in [0.15, 0.2) is 46.9 Å². The van der Waals surface area contributed by atoms with Crippen molar-refractivity contribution in [1.29, 1.82) is 0 Å². The van der Waals surface area contributed by atoms with Crippen LogP contribution in [0.3, 0.4) is 0 Å². The summed E-state index contributed by atoms with van der Waals surface area (Å²) in [7, 11) is 0. The number of ketones is 1. The van der Waals surface area contributed by atoms with E-state index in [-0.39, 0.29) is 5.78 Å². The minimum atomic E-state index is 0.0344. The molecule has 6 heteroatoms. The Labute approximate surface area is 171 Å². The number of Topliss-reactive ketones (excluding diaryl/α,β-unsaturated/α-hetero) is 1. The molecule has 2 aromatic carbocycles. The van der Waals surface area contributed by atoms with Gasteiger partial charge in [-0.25, -0.2) is 4.68 Å². The van der Waals surface area contributed by atoms with Gasteiger partial charge >= 0.3 is 0 Å². The molecule has 0 radical (unpaired) electrons. The maximum absolute atomic E-state index is 12.5. The molecule has 3 rings (SSSR count). The lowest BCUT2D eigenvalue weighted by atomic mass is 10.0. The lowest BCUT2D eigenvalue weighted by molar-refractivity contribution is 0.0976. The molecule has 0 amide bonds. The molecule has 0 aliphatic rings. The molecule has 0 saturated heterocycles. The van der Waals surface area contributed by atoms with E-state index in [9.17, 15) is 4.79 Å². The van der Waals surface area contributed by atoms with Crippen molar-refractivity contribution < 1.29 is 4.79 Å². The van der Waals surface area contributed by atoms with Gasteiger partial charge in [0, 0.05) is 27.0 Å². The Morgan fingerprint density at radius 2 is 1.85 bits per heavy atom. The van der Waals surface area contributed by atoms with Gasteiger partial charge in [-0.1, -0.05) is 58.2 Å². The van der Waals surface area contributed by atoms with Crippen LogP contribution in [0.1, 0.15) is 35.8 Å². The second-order valence-electron chi connectivity index (χ2n) is 6.01. The molecule has 0 atom stereocenters. The Kier molecular flexibility index (Phi) is 5.86. The van der Waals surface area contributed by atoms with Gasteiger partial charge in [-0.05, 0) is 43.7 Å². The summed E-state index contributed by atoms with van der Waals surface area (Å²) in [6, 6.07) is 13.2. The van der Waals surface area contributed by atoms with Gasteiger partial charge in [-0.2, -0.15) is 5.10 Å². The Balaban J connectivity index is 2.26. The number of nitrogens with zero attached hydrogens (tertiary/aromatic N) is 2. The monoisotopic (exact) mass is 450 g/mol. The standard InChI is InChI=1S/C20H17BrCl2N2O/c1-3-4-18(26)19-12(2)20(13-5-7-14(21)8-6-13)25(24-19)17-10-9-15(22)11-16(17)23/h5-11H,3-4H2,1-2H3. The third kappa shape index (κ3) is 3.73. The van der Waals surface area contributed by atoms with E-state index in [1.165, 1.54) is 0 Å². The quantitative estimate of drug-likeness (QED) is 0.395. The van der Waals surface area contributed by atoms with E-state index < -0.39 is 0 Å². The maximum Gasteiger partial charge on any atom is 0.183 e. The highest BCUT2D eigenvalue weighted by Crippen LogP contribution is 2.33. The molecule has 0 saturated carbocycles. The van der Waals surface area contributed by atoms with Crippen molar-refractivity contribution in [2.75, 3.05) is 0 Å². The first-order valence-corrected chi connectivity index (χ1v) is 9.81. The van der Waals surface area contributed by atoms with Crippen LogP contribution in [-0.2, 0) is 0 Å². The SMILES string of the molecule is CCCC(=O)c1nn(-c2ccc(Cl)cc2Cl)c(-c2ccc(Br)cc2)c1C. The largest absolute Gasteiger partial charge is 0.292 e. The van der Waals surface area contributed by atoms with Gasteiger partial charge in [0.15, 0.2) is 5.78 Å². The van der Waals surface area contributed by atoms with Gasteiger partial charge in [-0.3, -0.25) is 4.79 Å². The highest BCUT2D eigenvalue weighted by atomic mass is 79.9. The highest BCUT2D eigenvalue weighted by Gasteiger charge is 2.22. The van der Waals surface area contributed by atoms with E-state index in [4.69, 9.17) is 23.2 Å².